The van der Waals surface area contributed by atoms with Gasteiger partial charge in [-0.25, -0.2) is 4.79 Å². The van der Waals surface area contributed by atoms with Crippen LogP contribution < -0.4 is 15.5 Å². The van der Waals surface area contributed by atoms with Crippen molar-refractivity contribution in [3.8, 4) is 0 Å². The van der Waals surface area contributed by atoms with Crippen molar-refractivity contribution < 1.29 is 23.9 Å². The molecular formula is C33H49N3O5. The Morgan fingerprint density at radius 1 is 0.780 bits per heavy atom. The second-order valence-corrected chi connectivity index (χ2v) is 12.0. The van der Waals surface area contributed by atoms with E-state index in [0.717, 1.165) is 29.9 Å². The molecular weight excluding hydrogens is 518 g/mol. The largest absolute Gasteiger partial charge is 0.428 e. The molecule has 0 fully saturated rings. The molecule has 8 nitrogen and oxygen atoms in total. The summed E-state index contributed by atoms with van der Waals surface area (Å²) >= 11 is 0. The molecule has 2 aromatic carbocycles. The molecule has 0 aliphatic rings. The fourth-order valence-electron chi connectivity index (χ4n) is 4.57. The molecule has 8 heteroatoms. The topological polar surface area (TPSA) is 97.0 Å². The first-order valence-electron chi connectivity index (χ1n) is 14.7. The van der Waals surface area contributed by atoms with Crippen molar-refractivity contribution in [3.05, 3.63) is 53.6 Å². The minimum Gasteiger partial charge on any atom is -0.428 e. The molecule has 2 aromatic rings. The summed E-state index contributed by atoms with van der Waals surface area (Å²) in [4.78, 5) is 39.8. The number of aryl methyl sites for hydroxylation is 1. The number of urea groups is 1. The Kier molecular flexibility index (Phi) is 13.7. The van der Waals surface area contributed by atoms with Crippen molar-refractivity contribution in [2.24, 2.45) is 17.8 Å². The maximum Gasteiger partial charge on any atom is 0.323 e. The van der Waals surface area contributed by atoms with Gasteiger partial charge in [0.2, 0.25) is 6.79 Å². The second-order valence-electron chi connectivity index (χ2n) is 12.0. The van der Waals surface area contributed by atoms with Crippen molar-refractivity contribution in [2.75, 3.05) is 35.4 Å². The average Bonchev–Trinajstić information content (AvgIpc) is 2.87. The van der Waals surface area contributed by atoms with Gasteiger partial charge in [-0.15, -0.1) is 0 Å². The van der Waals surface area contributed by atoms with Crippen LogP contribution in [0.25, 0.3) is 0 Å². The van der Waals surface area contributed by atoms with Gasteiger partial charge in [0.15, 0.2) is 0 Å². The van der Waals surface area contributed by atoms with Crippen LogP contribution in [0.2, 0.25) is 0 Å². The zero-order chi connectivity index (χ0) is 30.5. The number of amides is 2. The summed E-state index contributed by atoms with van der Waals surface area (Å²) in [6.07, 6.45) is 1.10. The zero-order valence-corrected chi connectivity index (χ0v) is 26.1. The highest BCUT2D eigenvalue weighted by Crippen LogP contribution is 2.34. The fourth-order valence-corrected chi connectivity index (χ4v) is 4.57. The molecule has 0 saturated carbocycles. The first-order valence-corrected chi connectivity index (χ1v) is 14.7. The molecule has 2 rings (SSSR count). The van der Waals surface area contributed by atoms with E-state index in [-0.39, 0.29) is 43.5 Å². The summed E-state index contributed by atoms with van der Waals surface area (Å²) in [5.41, 5.74) is 4.36. The van der Waals surface area contributed by atoms with Crippen molar-refractivity contribution in [3.63, 3.8) is 0 Å². The second kappa shape index (κ2) is 16.7. The van der Waals surface area contributed by atoms with Gasteiger partial charge in [-0.05, 0) is 66.8 Å². The number of rotatable bonds is 15. The van der Waals surface area contributed by atoms with Gasteiger partial charge in [-0.2, -0.15) is 0 Å². The maximum absolute atomic E-state index is 13.1. The molecule has 0 heterocycles. The van der Waals surface area contributed by atoms with Gasteiger partial charge in [0.25, 0.3) is 0 Å². The SMILES string of the molecule is CC[C@@H](CC(=O)OCOC(=O)CC(C)C)c1ccc(N(CC(C)C)CC(C)C)c(NC(=O)Nc2ccc(C)cc2)c1. The Labute approximate surface area is 246 Å². The summed E-state index contributed by atoms with van der Waals surface area (Å²) in [7, 11) is 0. The molecule has 226 valence electrons. The number of carbonyl (C=O) groups is 3. The normalized spacial score (nSPS) is 11.9. The van der Waals surface area contributed by atoms with Crippen LogP contribution >= 0.6 is 0 Å². The van der Waals surface area contributed by atoms with E-state index in [1.807, 2.05) is 70.2 Å². The number of esters is 2. The van der Waals surface area contributed by atoms with E-state index in [1.165, 1.54) is 0 Å². The highest BCUT2D eigenvalue weighted by atomic mass is 16.7. The lowest BCUT2D eigenvalue weighted by Crippen LogP contribution is -2.32. The first-order chi connectivity index (χ1) is 19.4. The molecule has 41 heavy (non-hydrogen) atoms. The van der Waals surface area contributed by atoms with E-state index in [1.54, 1.807) is 0 Å². The molecule has 1 atom stereocenters. The minimum absolute atomic E-state index is 0.132. The molecule has 0 saturated heterocycles. The van der Waals surface area contributed by atoms with Crippen LogP contribution in [-0.4, -0.2) is 37.9 Å². The summed E-state index contributed by atoms with van der Waals surface area (Å²) in [6, 6.07) is 13.3. The lowest BCUT2D eigenvalue weighted by molar-refractivity contribution is -0.167. The van der Waals surface area contributed by atoms with E-state index in [2.05, 4.69) is 43.2 Å². The van der Waals surface area contributed by atoms with E-state index in [4.69, 9.17) is 9.47 Å². The van der Waals surface area contributed by atoms with E-state index >= 15 is 0 Å². The molecule has 0 aliphatic heterocycles. The molecule has 2 N–H and O–H groups in total. The predicted octanol–water partition coefficient (Wildman–Crippen LogP) is 7.73. The minimum atomic E-state index is -0.439. The number of hydrogen-bond acceptors (Lipinski definition) is 6. The van der Waals surface area contributed by atoms with Gasteiger partial charge in [0.1, 0.15) is 0 Å². The van der Waals surface area contributed by atoms with Crippen LogP contribution in [-0.2, 0) is 19.1 Å². The number of nitrogens with one attached hydrogen (secondary N) is 2. The van der Waals surface area contributed by atoms with Crippen LogP contribution in [0.15, 0.2) is 42.5 Å². The third kappa shape index (κ3) is 12.2. The Bertz CT molecular complexity index is 1120. The van der Waals surface area contributed by atoms with Crippen molar-refractivity contribution in [1.82, 2.24) is 0 Å². The quantitative estimate of drug-likeness (QED) is 0.169. The van der Waals surface area contributed by atoms with Crippen LogP contribution in [0.3, 0.4) is 0 Å². The summed E-state index contributed by atoms with van der Waals surface area (Å²) in [5, 5.41) is 5.99. The van der Waals surface area contributed by atoms with E-state index in [9.17, 15) is 14.4 Å². The van der Waals surface area contributed by atoms with Crippen LogP contribution in [0.4, 0.5) is 21.9 Å². The van der Waals surface area contributed by atoms with Gasteiger partial charge in [-0.3, -0.25) is 9.59 Å². The lowest BCUT2D eigenvalue weighted by atomic mass is 9.92. The molecule has 0 unspecified atom stereocenters. The average molecular weight is 568 g/mol. The molecule has 0 aliphatic carbocycles. The summed E-state index contributed by atoms with van der Waals surface area (Å²) < 4.78 is 10.2. The first kappa shape index (κ1) is 33.7. The number of nitrogens with zero attached hydrogens (tertiary/aromatic N) is 1. The van der Waals surface area contributed by atoms with Gasteiger partial charge in [-0.1, -0.05) is 72.2 Å². The molecule has 0 aromatic heterocycles. The number of anilines is 3. The molecule has 2 amide bonds. The smallest absolute Gasteiger partial charge is 0.323 e. The summed E-state index contributed by atoms with van der Waals surface area (Å²) in [6.45, 7) is 17.9. The zero-order valence-electron chi connectivity index (χ0n) is 26.1. The Hall–Kier alpha value is -3.55. The summed E-state index contributed by atoms with van der Waals surface area (Å²) in [5.74, 6) is 0.0659. The fraction of sp³-hybridized carbons (Fsp3) is 0.545. The van der Waals surface area contributed by atoms with Crippen LogP contribution in [0.1, 0.15) is 84.8 Å². The number of benzene rings is 2. The Balaban J connectivity index is 2.27. The van der Waals surface area contributed by atoms with Crippen molar-refractivity contribution in [1.29, 1.82) is 0 Å². The number of ether oxygens (including phenoxy) is 2. The van der Waals surface area contributed by atoms with Crippen LogP contribution in [0.5, 0.6) is 0 Å². The van der Waals surface area contributed by atoms with E-state index in [0.29, 0.717) is 29.6 Å². The molecule has 0 radical (unpaired) electrons. The highest BCUT2D eigenvalue weighted by Gasteiger charge is 2.21. The number of carbonyl (C=O) groups excluding carboxylic acids is 3. The van der Waals surface area contributed by atoms with Gasteiger partial charge >= 0.3 is 18.0 Å². The highest BCUT2D eigenvalue weighted by molar-refractivity contribution is 6.02. The van der Waals surface area contributed by atoms with Gasteiger partial charge in [0.05, 0.1) is 17.8 Å². The molecule has 0 bridgehead atoms. The Morgan fingerprint density at radius 2 is 1.37 bits per heavy atom. The van der Waals surface area contributed by atoms with Crippen molar-refractivity contribution in [2.45, 2.75) is 80.6 Å². The standard InChI is InChI=1S/C33H49N3O5/c1-9-26(18-32(38)41-21-40-31(37)16-22(2)3)27-12-15-30(36(19-23(4)5)20-24(6)7)29(17-27)35-33(39)34-28-13-10-25(8)11-14-28/h10-15,17,22-24,26H,9,16,18-21H2,1-8H3,(H2,34,35,39)/t26-/m0/s1. The van der Waals surface area contributed by atoms with Gasteiger partial charge < -0.3 is 25.0 Å². The third-order valence-electron chi connectivity index (χ3n) is 6.48. The predicted molar refractivity (Wildman–Crippen MR) is 166 cm³/mol. The lowest BCUT2D eigenvalue weighted by Gasteiger charge is -2.31. The van der Waals surface area contributed by atoms with Crippen LogP contribution in [0, 0.1) is 24.7 Å². The number of hydrogen-bond donors (Lipinski definition) is 2. The monoisotopic (exact) mass is 567 g/mol. The Morgan fingerprint density at radius 3 is 1.90 bits per heavy atom. The maximum atomic E-state index is 13.1. The van der Waals surface area contributed by atoms with Gasteiger partial charge in [0, 0.05) is 25.2 Å². The van der Waals surface area contributed by atoms with E-state index < -0.39 is 5.97 Å². The molecule has 0 spiro atoms. The van der Waals surface area contributed by atoms with Crippen molar-refractivity contribution >= 4 is 35.0 Å². The third-order valence-corrected chi connectivity index (χ3v) is 6.48.